The van der Waals surface area contributed by atoms with Crippen molar-refractivity contribution in [1.82, 2.24) is 14.9 Å². The number of carbonyl (C=O) groups is 1. The Morgan fingerprint density at radius 1 is 1.29 bits per heavy atom. The van der Waals surface area contributed by atoms with Crippen LogP contribution in [0, 0.1) is 5.82 Å². The summed E-state index contributed by atoms with van der Waals surface area (Å²) in [5.74, 6) is 0.536. The molecule has 1 aliphatic rings. The fourth-order valence-electron chi connectivity index (χ4n) is 3.16. The number of anilines is 1. The first-order valence-electron chi connectivity index (χ1n) is 9.83. The fraction of sp³-hybridized carbons (Fsp3) is 0.409. The molecule has 0 bridgehead atoms. The minimum Gasteiger partial charge on any atom is -0.383 e. The zero-order chi connectivity index (χ0) is 20.1. The molecule has 1 aromatic carbocycles. The average Bonchev–Trinajstić information content (AvgIpc) is 3.52. The van der Waals surface area contributed by atoms with Gasteiger partial charge in [-0.2, -0.15) is 0 Å². The Morgan fingerprint density at radius 3 is 2.71 bits per heavy atom. The van der Waals surface area contributed by atoms with E-state index >= 15 is 0 Å². The molecule has 3 rings (SSSR count). The molecule has 1 saturated carbocycles. The molecule has 0 amide bonds. The Hall–Kier alpha value is -2.76. The van der Waals surface area contributed by atoms with Crippen molar-refractivity contribution in [2.45, 2.75) is 44.9 Å². The lowest BCUT2D eigenvalue weighted by Crippen LogP contribution is -2.11. The first kappa shape index (κ1) is 20.0. The summed E-state index contributed by atoms with van der Waals surface area (Å²) in [5.41, 5.74) is 8.15. The lowest BCUT2D eigenvalue weighted by molar-refractivity contribution is 0.112. The Kier molecular flexibility index (Phi) is 6.39. The maximum atomic E-state index is 14.6. The number of nitrogens with zero attached hydrogens (tertiary/aromatic N) is 3. The average molecular weight is 382 g/mol. The molecule has 1 aliphatic carbocycles. The second kappa shape index (κ2) is 8.95. The molecule has 148 valence electrons. The summed E-state index contributed by atoms with van der Waals surface area (Å²) in [6, 6.07) is 2.84. The fourth-order valence-corrected chi connectivity index (χ4v) is 3.16. The van der Waals surface area contributed by atoms with Crippen molar-refractivity contribution in [3.05, 3.63) is 47.0 Å². The van der Waals surface area contributed by atoms with Gasteiger partial charge in [0.05, 0.1) is 5.56 Å². The minimum absolute atomic E-state index is 0.239. The van der Waals surface area contributed by atoms with Crippen LogP contribution in [-0.4, -0.2) is 34.7 Å². The van der Waals surface area contributed by atoms with Gasteiger partial charge >= 0.3 is 0 Å². The van der Waals surface area contributed by atoms with Crippen molar-refractivity contribution in [2.24, 2.45) is 0 Å². The molecule has 1 aromatic heterocycles. The van der Waals surface area contributed by atoms with Gasteiger partial charge in [-0.25, -0.2) is 14.4 Å². The zero-order valence-electron chi connectivity index (χ0n) is 16.5. The molecule has 0 spiro atoms. The molecule has 28 heavy (non-hydrogen) atoms. The van der Waals surface area contributed by atoms with Crippen LogP contribution in [0.1, 0.15) is 66.4 Å². The number of rotatable bonds is 9. The standard InChI is InChI=1S/C22H27FN4O/c1-3-4-5-9-27(2)10-8-16-11-18(20(23)12-17(16)14-28)22-25-13-19(15-6-7-15)21(24)26-22/h8,10-15H,3-7,9H2,1-2H3,(H2,24,25,26)/b10-8-. The van der Waals surface area contributed by atoms with E-state index in [2.05, 4.69) is 21.8 Å². The van der Waals surface area contributed by atoms with Gasteiger partial charge in [-0.05, 0) is 55.2 Å². The molecule has 0 atom stereocenters. The van der Waals surface area contributed by atoms with Gasteiger partial charge in [-0.3, -0.25) is 4.79 Å². The van der Waals surface area contributed by atoms with Gasteiger partial charge in [0.25, 0.3) is 0 Å². The second-order valence-corrected chi connectivity index (χ2v) is 7.39. The number of aromatic nitrogens is 2. The van der Waals surface area contributed by atoms with Gasteiger partial charge < -0.3 is 10.6 Å². The van der Waals surface area contributed by atoms with E-state index < -0.39 is 5.82 Å². The molecule has 5 nitrogen and oxygen atoms in total. The van der Waals surface area contributed by atoms with Crippen molar-refractivity contribution in [1.29, 1.82) is 0 Å². The van der Waals surface area contributed by atoms with E-state index in [1.54, 1.807) is 12.3 Å². The molecule has 1 heterocycles. The summed E-state index contributed by atoms with van der Waals surface area (Å²) in [6.07, 6.45) is 11.7. The molecule has 1 fully saturated rings. The van der Waals surface area contributed by atoms with Crippen LogP contribution >= 0.6 is 0 Å². The van der Waals surface area contributed by atoms with E-state index in [1.165, 1.54) is 12.5 Å². The SMILES string of the molecule is CCCCCN(C)/C=C\c1cc(-c2ncc(C3CC3)c(N)n2)c(F)cc1C=O. The smallest absolute Gasteiger partial charge is 0.164 e. The summed E-state index contributed by atoms with van der Waals surface area (Å²) in [4.78, 5) is 22.1. The normalized spacial score (nSPS) is 13.8. The first-order chi connectivity index (χ1) is 13.5. The van der Waals surface area contributed by atoms with Gasteiger partial charge in [0, 0.05) is 30.9 Å². The van der Waals surface area contributed by atoms with Crippen molar-refractivity contribution in [3.63, 3.8) is 0 Å². The molecular formula is C22H27FN4O. The highest BCUT2D eigenvalue weighted by molar-refractivity contribution is 5.84. The van der Waals surface area contributed by atoms with E-state index in [-0.39, 0.29) is 11.4 Å². The first-order valence-corrected chi connectivity index (χ1v) is 9.83. The summed E-state index contributed by atoms with van der Waals surface area (Å²) < 4.78 is 14.6. The number of hydrogen-bond donors (Lipinski definition) is 1. The Balaban J connectivity index is 1.87. The predicted octanol–water partition coefficient (Wildman–Crippen LogP) is 4.65. The van der Waals surface area contributed by atoms with Crippen LogP contribution in [0.4, 0.5) is 10.2 Å². The van der Waals surface area contributed by atoms with E-state index in [0.29, 0.717) is 29.1 Å². The number of nitrogens with two attached hydrogens (primary N) is 1. The van der Waals surface area contributed by atoms with Crippen LogP contribution in [0.25, 0.3) is 17.5 Å². The third-order valence-corrected chi connectivity index (χ3v) is 5.03. The molecule has 0 unspecified atom stereocenters. The lowest BCUT2D eigenvalue weighted by atomic mass is 10.0. The van der Waals surface area contributed by atoms with Crippen LogP contribution in [-0.2, 0) is 0 Å². The van der Waals surface area contributed by atoms with Crippen LogP contribution in [0.5, 0.6) is 0 Å². The van der Waals surface area contributed by atoms with E-state index in [9.17, 15) is 9.18 Å². The van der Waals surface area contributed by atoms with E-state index in [0.717, 1.165) is 37.8 Å². The third kappa shape index (κ3) is 4.74. The number of halogens is 1. The van der Waals surface area contributed by atoms with Crippen molar-refractivity contribution < 1.29 is 9.18 Å². The van der Waals surface area contributed by atoms with Gasteiger partial charge in [-0.15, -0.1) is 0 Å². The van der Waals surface area contributed by atoms with E-state index in [1.807, 2.05) is 19.3 Å². The van der Waals surface area contributed by atoms with Crippen molar-refractivity contribution >= 4 is 18.2 Å². The lowest BCUT2D eigenvalue weighted by Gasteiger charge is -2.14. The highest BCUT2D eigenvalue weighted by Crippen LogP contribution is 2.42. The quantitative estimate of drug-likeness (QED) is 0.505. The Labute approximate surface area is 165 Å². The van der Waals surface area contributed by atoms with Gasteiger partial charge in [-0.1, -0.05) is 19.8 Å². The highest BCUT2D eigenvalue weighted by Gasteiger charge is 2.27. The van der Waals surface area contributed by atoms with Gasteiger partial charge in [0.1, 0.15) is 11.6 Å². The highest BCUT2D eigenvalue weighted by atomic mass is 19.1. The number of hydrogen-bond acceptors (Lipinski definition) is 5. The summed E-state index contributed by atoms with van der Waals surface area (Å²) in [6.45, 7) is 3.09. The monoisotopic (exact) mass is 382 g/mol. The Bertz CT molecular complexity index is 877. The maximum Gasteiger partial charge on any atom is 0.164 e. The number of aldehydes is 1. The zero-order valence-corrected chi connectivity index (χ0v) is 16.5. The van der Waals surface area contributed by atoms with Gasteiger partial charge in [0.15, 0.2) is 12.1 Å². The Morgan fingerprint density at radius 2 is 2.07 bits per heavy atom. The minimum atomic E-state index is -0.533. The topological polar surface area (TPSA) is 72.1 Å². The summed E-state index contributed by atoms with van der Waals surface area (Å²) in [7, 11) is 1.98. The van der Waals surface area contributed by atoms with Crippen LogP contribution in [0.15, 0.2) is 24.5 Å². The van der Waals surface area contributed by atoms with Crippen LogP contribution < -0.4 is 5.73 Å². The van der Waals surface area contributed by atoms with Crippen LogP contribution in [0.2, 0.25) is 0 Å². The number of unbranched alkanes of at least 4 members (excludes halogenated alkanes) is 2. The maximum absolute atomic E-state index is 14.6. The van der Waals surface area contributed by atoms with Crippen molar-refractivity contribution in [3.8, 4) is 11.4 Å². The number of benzene rings is 1. The molecule has 0 aliphatic heterocycles. The summed E-state index contributed by atoms with van der Waals surface area (Å²) in [5, 5.41) is 0. The van der Waals surface area contributed by atoms with Crippen LogP contribution in [0.3, 0.4) is 0 Å². The molecular weight excluding hydrogens is 355 g/mol. The summed E-state index contributed by atoms with van der Waals surface area (Å²) >= 11 is 0. The largest absolute Gasteiger partial charge is 0.383 e. The van der Waals surface area contributed by atoms with Crippen molar-refractivity contribution in [2.75, 3.05) is 19.3 Å². The number of carbonyl (C=O) groups excluding carboxylic acids is 1. The predicted molar refractivity (Wildman–Crippen MR) is 110 cm³/mol. The molecule has 2 N–H and O–H groups in total. The second-order valence-electron chi connectivity index (χ2n) is 7.39. The van der Waals surface area contributed by atoms with Gasteiger partial charge in [0.2, 0.25) is 0 Å². The molecule has 6 heteroatoms. The molecule has 2 aromatic rings. The van der Waals surface area contributed by atoms with E-state index in [4.69, 9.17) is 5.73 Å². The molecule has 0 saturated heterocycles. The number of nitrogen functional groups attached to an aromatic ring is 1. The molecule has 0 radical (unpaired) electrons. The third-order valence-electron chi connectivity index (χ3n) is 5.03.